The minimum absolute atomic E-state index is 0.0620. The van der Waals surface area contributed by atoms with E-state index in [4.69, 9.17) is 4.74 Å². The molecule has 2 saturated heterocycles. The van der Waals surface area contributed by atoms with Crippen molar-refractivity contribution < 1.29 is 9.53 Å². The molecule has 7 nitrogen and oxygen atoms in total. The van der Waals surface area contributed by atoms with Crippen LogP contribution in [0, 0.1) is 0 Å². The first-order valence-corrected chi connectivity index (χ1v) is 11.6. The Labute approximate surface area is 180 Å². The average Bonchev–Trinajstić information content (AvgIpc) is 3.44. The lowest BCUT2D eigenvalue weighted by molar-refractivity contribution is 0.0704. The number of piperidine rings is 1. The molecule has 5 rings (SSSR count). The molecule has 0 spiro atoms. The molecule has 2 aliphatic rings. The summed E-state index contributed by atoms with van der Waals surface area (Å²) in [6, 6.07) is 6.66. The summed E-state index contributed by atoms with van der Waals surface area (Å²) in [5, 5.41) is 5.33. The van der Waals surface area contributed by atoms with Gasteiger partial charge in [-0.15, -0.1) is 11.3 Å². The maximum Gasteiger partial charge on any atom is 0.253 e. The molecule has 0 aromatic carbocycles. The summed E-state index contributed by atoms with van der Waals surface area (Å²) < 4.78 is 7.59. The summed E-state index contributed by atoms with van der Waals surface area (Å²) in [5.74, 6) is -0.0620. The lowest BCUT2D eigenvalue weighted by Crippen LogP contribution is -2.47. The topological polar surface area (TPSA) is 72.3 Å². The monoisotopic (exact) mass is 425 g/mol. The molecular weight excluding hydrogens is 398 g/mol. The molecule has 5 heterocycles. The van der Waals surface area contributed by atoms with Gasteiger partial charge in [0.05, 0.1) is 11.9 Å². The zero-order valence-corrected chi connectivity index (χ0v) is 17.8. The second kappa shape index (κ2) is 8.83. The van der Waals surface area contributed by atoms with Crippen molar-refractivity contribution in [2.24, 2.45) is 0 Å². The van der Waals surface area contributed by atoms with Gasteiger partial charge < -0.3 is 14.6 Å². The van der Waals surface area contributed by atoms with Crippen LogP contribution >= 0.6 is 11.3 Å². The van der Waals surface area contributed by atoms with Crippen LogP contribution in [0.4, 0.5) is 0 Å². The molecule has 0 saturated carbocycles. The number of nitrogens with one attached hydrogen (secondary N) is 1. The number of imidazole rings is 1. The highest BCUT2D eigenvalue weighted by Gasteiger charge is 2.23. The number of nitrogens with zero attached hydrogens (tertiary/aromatic N) is 4. The van der Waals surface area contributed by atoms with Gasteiger partial charge in [0.2, 0.25) is 0 Å². The Hall–Kier alpha value is -2.29. The second-order valence-electron chi connectivity index (χ2n) is 8.19. The molecule has 30 heavy (non-hydrogen) atoms. The summed E-state index contributed by atoms with van der Waals surface area (Å²) in [6.45, 7) is 4.48. The molecule has 0 bridgehead atoms. The Bertz CT molecular complexity index is 996. The van der Waals surface area contributed by atoms with Gasteiger partial charge in [-0.1, -0.05) is 6.07 Å². The number of carbonyl (C=O) groups excluding carboxylic acids is 1. The van der Waals surface area contributed by atoms with Crippen LogP contribution < -0.4 is 5.32 Å². The van der Waals surface area contributed by atoms with Gasteiger partial charge in [0, 0.05) is 49.5 Å². The van der Waals surface area contributed by atoms with E-state index in [9.17, 15) is 4.79 Å². The molecule has 158 valence electrons. The lowest BCUT2D eigenvalue weighted by atomic mass is 10.0. The van der Waals surface area contributed by atoms with Crippen molar-refractivity contribution in [3.63, 3.8) is 0 Å². The van der Waals surface area contributed by atoms with E-state index in [0.717, 1.165) is 69.7 Å². The van der Waals surface area contributed by atoms with Crippen molar-refractivity contribution in [3.05, 3.63) is 46.5 Å². The Morgan fingerprint density at radius 2 is 2.17 bits per heavy atom. The Morgan fingerprint density at radius 1 is 1.27 bits per heavy atom. The number of carbonyl (C=O) groups is 1. The highest BCUT2D eigenvalue weighted by molar-refractivity contribution is 7.09. The van der Waals surface area contributed by atoms with Gasteiger partial charge in [0.1, 0.15) is 5.52 Å². The lowest BCUT2D eigenvalue weighted by Gasteiger charge is -2.32. The van der Waals surface area contributed by atoms with E-state index < -0.39 is 0 Å². The van der Waals surface area contributed by atoms with E-state index in [1.807, 2.05) is 12.4 Å². The summed E-state index contributed by atoms with van der Waals surface area (Å²) in [7, 11) is 0. The molecular formula is C22H27N5O2S. The zero-order chi connectivity index (χ0) is 20.3. The Morgan fingerprint density at radius 3 is 3.00 bits per heavy atom. The standard InChI is InChI=1S/C22H27N5O2S/c28-22(25-17-3-1-7-26(13-17)14-19-4-2-10-30-19)16-11-20-21(23-12-16)27(15-24-20)18-5-8-29-9-6-18/h2,4,10-12,15,17-18H,1,3,5-9,13-14H2,(H,25,28). The predicted octanol–water partition coefficient (Wildman–Crippen LogP) is 3.24. The minimum atomic E-state index is -0.0620. The molecule has 1 amide bonds. The number of thiophene rings is 1. The quantitative estimate of drug-likeness (QED) is 0.679. The van der Waals surface area contributed by atoms with Crippen molar-refractivity contribution in [3.8, 4) is 0 Å². The maximum atomic E-state index is 12.9. The van der Waals surface area contributed by atoms with Gasteiger partial charge in [0.25, 0.3) is 5.91 Å². The fourth-order valence-corrected chi connectivity index (χ4v) is 5.23. The summed E-state index contributed by atoms with van der Waals surface area (Å²) >= 11 is 1.79. The van der Waals surface area contributed by atoms with Crippen LogP contribution in [0.5, 0.6) is 0 Å². The van der Waals surface area contributed by atoms with E-state index in [1.54, 1.807) is 17.5 Å². The van der Waals surface area contributed by atoms with E-state index in [-0.39, 0.29) is 11.9 Å². The molecule has 1 atom stereocenters. The van der Waals surface area contributed by atoms with Crippen LogP contribution in [-0.2, 0) is 11.3 Å². The number of aromatic nitrogens is 3. The third-order valence-electron chi connectivity index (χ3n) is 6.06. The maximum absolute atomic E-state index is 12.9. The number of amides is 1. The highest BCUT2D eigenvalue weighted by Crippen LogP contribution is 2.25. The molecule has 3 aromatic rings. The van der Waals surface area contributed by atoms with E-state index in [0.29, 0.717) is 11.6 Å². The Balaban J connectivity index is 1.24. The number of pyridine rings is 1. The first kappa shape index (κ1) is 19.7. The smallest absolute Gasteiger partial charge is 0.253 e. The SMILES string of the molecule is O=C(NC1CCCN(Cc2cccs2)C1)c1cnc2c(c1)ncn2C1CCOCC1. The van der Waals surface area contributed by atoms with Gasteiger partial charge in [-0.2, -0.15) is 0 Å². The molecule has 0 aliphatic carbocycles. The van der Waals surface area contributed by atoms with Gasteiger partial charge in [-0.3, -0.25) is 9.69 Å². The zero-order valence-electron chi connectivity index (χ0n) is 17.0. The van der Waals surface area contributed by atoms with E-state index in [2.05, 4.69) is 42.3 Å². The van der Waals surface area contributed by atoms with Crippen molar-refractivity contribution >= 4 is 28.4 Å². The highest BCUT2D eigenvalue weighted by atomic mass is 32.1. The molecule has 1 N–H and O–H groups in total. The molecule has 0 radical (unpaired) electrons. The van der Waals surface area contributed by atoms with Crippen molar-refractivity contribution in [1.29, 1.82) is 0 Å². The van der Waals surface area contributed by atoms with Gasteiger partial charge >= 0.3 is 0 Å². The molecule has 8 heteroatoms. The predicted molar refractivity (Wildman–Crippen MR) is 117 cm³/mol. The molecule has 1 unspecified atom stereocenters. The third-order valence-corrected chi connectivity index (χ3v) is 6.92. The fourth-order valence-electron chi connectivity index (χ4n) is 4.48. The van der Waals surface area contributed by atoms with Crippen LogP contribution in [0.3, 0.4) is 0 Å². The van der Waals surface area contributed by atoms with Crippen molar-refractivity contribution in [2.75, 3.05) is 26.3 Å². The third kappa shape index (κ3) is 4.26. The number of hydrogen-bond acceptors (Lipinski definition) is 6. The average molecular weight is 426 g/mol. The first-order chi connectivity index (χ1) is 14.8. The van der Waals surface area contributed by atoms with E-state index >= 15 is 0 Å². The summed E-state index contributed by atoms with van der Waals surface area (Å²) in [6.07, 6.45) is 7.59. The van der Waals surface area contributed by atoms with Crippen LogP contribution in [0.1, 0.15) is 47.0 Å². The number of hydrogen-bond donors (Lipinski definition) is 1. The molecule has 2 fully saturated rings. The summed E-state index contributed by atoms with van der Waals surface area (Å²) in [5.41, 5.74) is 2.20. The van der Waals surface area contributed by atoms with Gasteiger partial charge in [-0.25, -0.2) is 9.97 Å². The molecule has 3 aromatic heterocycles. The molecule has 2 aliphatic heterocycles. The number of ether oxygens (including phenoxy) is 1. The van der Waals surface area contributed by atoms with Gasteiger partial charge in [-0.05, 0) is 49.7 Å². The van der Waals surface area contributed by atoms with Crippen LogP contribution in [0.2, 0.25) is 0 Å². The number of likely N-dealkylation sites (tertiary alicyclic amines) is 1. The minimum Gasteiger partial charge on any atom is -0.381 e. The van der Waals surface area contributed by atoms with E-state index in [1.165, 1.54) is 4.88 Å². The second-order valence-corrected chi connectivity index (χ2v) is 9.22. The van der Waals surface area contributed by atoms with Crippen molar-refractivity contribution in [2.45, 2.75) is 44.3 Å². The van der Waals surface area contributed by atoms with Crippen molar-refractivity contribution in [1.82, 2.24) is 24.8 Å². The number of fused-ring (bicyclic) bond motifs is 1. The largest absolute Gasteiger partial charge is 0.381 e. The normalized spacial score (nSPS) is 21.1. The first-order valence-electron chi connectivity index (χ1n) is 10.7. The van der Waals surface area contributed by atoms with Crippen LogP contribution in [0.25, 0.3) is 11.2 Å². The summed E-state index contributed by atoms with van der Waals surface area (Å²) in [4.78, 5) is 25.8. The Kier molecular flexibility index (Phi) is 5.79. The van der Waals surface area contributed by atoms with Crippen LogP contribution in [-0.4, -0.2) is 57.7 Å². The van der Waals surface area contributed by atoms with Crippen LogP contribution in [0.15, 0.2) is 36.1 Å². The fraction of sp³-hybridized carbons (Fsp3) is 0.500. The van der Waals surface area contributed by atoms with Gasteiger partial charge in [0.15, 0.2) is 5.65 Å². The number of rotatable bonds is 5.